The second-order valence-electron chi connectivity index (χ2n) is 4.25. The quantitative estimate of drug-likeness (QED) is 0.818. The maximum Gasteiger partial charge on any atom is 0.241 e. The van der Waals surface area contributed by atoms with Crippen LogP contribution >= 0.6 is 11.8 Å². The fraction of sp³-hybridized carbons (Fsp3) is 0.231. The van der Waals surface area contributed by atoms with E-state index in [2.05, 4.69) is 23.0 Å². The molecule has 1 unspecified atom stereocenters. The van der Waals surface area contributed by atoms with Gasteiger partial charge in [0.2, 0.25) is 5.91 Å². The third-order valence-corrected chi connectivity index (χ3v) is 4.35. The first kappa shape index (κ1) is 10.6. The molecule has 1 N–H and O–H groups in total. The molecule has 3 rings (SSSR count). The molecule has 0 aromatic carbocycles. The smallest absolute Gasteiger partial charge is 0.241 e. The highest BCUT2D eigenvalue weighted by molar-refractivity contribution is 8.01. The van der Waals surface area contributed by atoms with Crippen molar-refractivity contribution in [2.45, 2.75) is 11.7 Å². The summed E-state index contributed by atoms with van der Waals surface area (Å²) in [6.45, 7) is 3.78. The number of hydrogen-bond donors (Lipinski definition) is 1. The minimum absolute atomic E-state index is 0.0539. The highest BCUT2D eigenvalue weighted by atomic mass is 32.2. The number of amides is 1. The number of thioether (sulfide) groups is 1. The summed E-state index contributed by atoms with van der Waals surface area (Å²) in [5, 5.41) is 2.75. The molecule has 2 aliphatic rings. The molecular weight excluding hydrogens is 232 g/mol. The summed E-state index contributed by atoms with van der Waals surface area (Å²) in [5.41, 5.74) is 4.37. The molecule has 1 atom stereocenters. The lowest BCUT2D eigenvalue weighted by molar-refractivity contribution is -0.119. The Morgan fingerprint density at radius 2 is 2.41 bits per heavy atom. The van der Waals surface area contributed by atoms with Crippen molar-refractivity contribution in [2.24, 2.45) is 0 Å². The van der Waals surface area contributed by atoms with Gasteiger partial charge in [-0.2, -0.15) is 0 Å². The molecule has 1 aliphatic carbocycles. The Bertz CT molecular complexity index is 536. The lowest BCUT2D eigenvalue weighted by Crippen LogP contribution is -2.38. The van der Waals surface area contributed by atoms with Crippen LogP contribution in [0.4, 0.5) is 0 Å². The Morgan fingerprint density at radius 3 is 3.18 bits per heavy atom. The maximum atomic E-state index is 11.9. The van der Waals surface area contributed by atoms with Gasteiger partial charge in [0, 0.05) is 23.8 Å². The Kier molecular flexibility index (Phi) is 2.52. The van der Waals surface area contributed by atoms with Crippen LogP contribution in [0.1, 0.15) is 11.1 Å². The van der Waals surface area contributed by atoms with E-state index < -0.39 is 0 Å². The predicted molar refractivity (Wildman–Crippen MR) is 69.4 cm³/mol. The van der Waals surface area contributed by atoms with Crippen LogP contribution < -0.4 is 5.32 Å². The van der Waals surface area contributed by atoms with Crippen LogP contribution in [0.3, 0.4) is 0 Å². The van der Waals surface area contributed by atoms with Gasteiger partial charge in [-0.05, 0) is 29.2 Å². The van der Waals surface area contributed by atoms with Crippen molar-refractivity contribution in [1.82, 2.24) is 10.3 Å². The summed E-state index contributed by atoms with van der Waals surface area (Å²) in [7, 11) is 0. The number of carbonyl (C=O) groups excluding carboxylic acids is 1. The lowest BCUT2D eigenvalue weighted by Gasteiger charge is -2.24. The van der Waals surface area contributed by atoms with Gasteiger partial charge in [-0.1, -0.05) is 12.7 Å². The molecule has 0 saturated carbocycles. The van der Waals surface area contributed by atoms with Crippen LogP contribution in [0, 0.1) is 0 Å². The molecule has 1 aliphatic heterocycles. The zero-order valence-corrected chi connectivity index (χ0v) is 10.1. The van der Waals surface area contributed by atoms with E-state index in [-0.39, 0.29) is 11.2 Å². The topological polar surface area (TPSA) is 42.0 Å². The summed E-state index contributed by atoms with van der Waals surface area (Å²) < 4.78 is 0. The van der Waals surface area contributed by atoms with Crippen molar-refractivity contribution >= 4 is 23.7 Å². The average Bonchev–Trinajstić information content (AvgIpc) is 2.72. The average molecular weight is 244 g/mol. The van der Waals surface area contributed by atoms with Crippen LogP contribution in [0.25, 0.3) is 6.08 Å². The van der Waals surface area contributed by atoms with Gasteiger partial charge in [0.25, 0.3) is 0 Å². The standard InChI is InChI=1S/C13H12N2OS/c1-8-7-17-12(13(16)15-8)10-4-9-2-3-14-6-11(9)5-10/h2-3,5-6,12H,1,4,7H2,(H,15,16). The minimum atomic E-state index is -0.0760. The number of fused-ring (bicyclic) bond motifs is 1. The van der Waals surface area contributed by atoms with E-state index in [1.54, 1.807) is 18.0 Å². The Balaban J connectivity index is 1.84. The van der Waals surface area contributed by atoms with Crippen molar-refractivity contribution in [3.05, 3.63) is 47.4 Å². The second kappa shape index (κ2) is 4.04. The van der Waals surface area contributed by atoms with Crippen molar-refractivity contribution < 1.29 is 4.79 Å². The van der Waals surface area contributed by atoms with Gasteiger partial charge in [0.05, 0.1) is 0 Å². The molecule has 1 fully saturated rings. The molecule has 3 nitrogen and oxygen atoms in total. The second-order valence-corrected chi connectivity index (χ2v) is 5.35. The van der Waals surface area contributed by atoms with Crippen LogP contribution in [0.15, 0.2) is 36.3 Å². The molecule has 1 aromatic heterocycles. The highest BCUT2D eigenvalue weighted by Gasteiger charge is 2.30. The molecule has 1 aromatic rings. The number of aromatic nitrogens is 1. The monoisotopic (exact) mass is 244 g/mol. The molecule has 0 spiro atoms. The van der Waals surface area contributed by atoms with Crippen LogP contribution in [0.2, 0.25) is 0 Å². The van der Waals surface area contributed by atoms with Crippen molar-refractivity contribution in [3.8, 4) is 0 Å². The van der Waals surface area contributed by atoms with Gasteiger partial charge in [-0.25, -0.2) is 0 Å². The first-order valence-corrected chi connectivity index (χ1v) is 6.52. The molecule has 0 radical (unpaired) electrons. The normalized spacial score (nSPS) is 23.1. The third kappa shape index (κ3) is 1.89. The van der Waals surface area contributed by atoms with Gasteiger partial charge >= 0.3 is 0 Å². The Hall–Kier alpha value is -1.55. The first-order valence-electron chi connectivity index (χ1n) is 5.47. The fourth-order valence-corrected chi connectivity index (χ4v) is 3.19. The summed E-state index contributed by atoms with van der Waals surface area (Å²) in [4.78, 5) is 16.0. The summed E-state index contributed by atoms with van der Waals surface area (Å²) in [6.07, 6.45) is 6.60. The number of nitrogens with one attached hydrogen (secondary N) is 1. The summed E-state index contributed by atoms with van der Waals surface area (Å²) in [5.74, 6) is 0.848. The van der Waals surface area contributed by atoms with Gasteiger partial charge in [-0.3, -0.25) is 9.78 Å². The summed E-state index contributed by atoms with van der Waals surface area (Å²) in [6, 6.07) is 2.02. The third-order valence-electron chi connectivity index (χ3n) is 2.98. The molecule has 2 heterocycles. The van der Waals surface area contributed by atoms with Crippen molar-refractivity contribution in [3.63, 3.8) is 0 Å². The molecule has 1 amide bonds. The highest BCUT2D eigenvalue weighted by Crippen LogP contribution is 2.33. The van der Waals surface area contributed by atoms with E-state index in [1.807, 2.05) is 12.3 Å². The maximum absolute atomic E-state index is 11.9. The molecular formula is C13H12N2OS. The zero-order valence-electron chi connectivity index (χ0n) is 9.27. The van der Waals surface area contributed by atoms with E-state index in [0.717, 1.165) is 23.4 Å². The van der Waals surface area contributed by atoms with Crippen LogP contribution in [-0.2, 0) is 11.2 Å². The number of carbonyl (C=O) groups is 1. The van der Waals surface area contributed by atoms with Gasteiger partial charge in [-0.15, -0.1) is 11.8 Å². The Morgan fingerprint density at radius 1 is 1.53 bits per heavy atom. The first-order chi connectivity index (χ1) is 8.24. The minimum Gasteiger partial charge on any atom is -0.328 e. The molecule has 4 heteroatoms. The fourth-order valence-electron chi connectivity index (χ4n) is 2.18. The number of pyridine rings is 1. The summed E-state index contributed by atoms with van der Waals surface area (Å²) >= 11 is 1.65. The number of rotatable bonds is 1. The van der Waals surface area contributed by atoms with E-state index in [4.69, 9.17) is 0 Å². The van der Waals surface area contributed by atoms with Gasteiger partial charge in [0.15, 0.2) is 0 Å². The van der Waals surface area contributed by atoms with E-state index in [9.17, 15) is 4.79 Å². The van der Waals surface area contributed by atoms with Gasteiger partial charge < -0.3 is 5.32 Å². The van der Waals surface area contributed by atoms with Crippen molar-refractivity contribution in [2.75, 3.05) is 5.75 Å². The number of hydrogen-bond acceptors (Lipinski definition) is 3. The zero-order chi connectivity index (χ0) is 11.8. The van der Waals surface area contributed by atoms with Crippen LogP contribution in [-0.4, -0.2) is 21.9 Å². The van der Waals surface area contributed by atoms with Crippen LogP contribution in [0.5, 0.6) is 0 Å². The number of nitrogens with zero attached hydrogens (tertiary/aromatic N) is 1. The molecule has 86 valence electrons. The predicted octanol–water partition coefficient (Wildman–Crippen LogP) is 1.77. The molecule has 17 heavy (non-hydrogen) atoms. The SMILES string of the molecule is C=C1CSC(C2=Cc3cnccc3C2)C(=O)N1. The largest absolute Gasteiger partial charge is 0.328 e. The van der Waals surface area contributed by atoms with Gasteiger partial charge in [0.1, 0.15) is 5.25 Å². The van der Waals surface area contributed by atoms with E-state index in [0.29, 0.717) is 0 Å². The molecule has 1 saturated heterocycles. The molecule has 0 bridgehead atoms. The lowest BCUT2D eigenvalue weighted by atomic mass is 10.1. The van der Waals surface area contributed by atoms with E-state index in [1.165, 1.54) is 11.1 Å². The van der Waals surface area contributed by atoms with E-state index >= 15 is 0 Å². The van der Waals surface area contributed by atoms with Crippen molar-refractivity contribution in [1.29, 1.82) is 0 Å². The Labute approximate surface area is 104 Å².